The summed E-state index contributed by atoms with van der Waals surface area (Å²) in [5.41, 5.74) is 0. The molecule has 0 unspecified atom stereocenters. The monoisotopic (exact) mass is 964 g/mol. The molecular weight excluding hydrogens is 881 g/mol. The Morgan fingerprint density at radius 2 is 1.23 bits per heavy atom. The van der Waals surface area contributed by atoms with Gasteiger partial charge in [0.1, 0.15) is 11.1 Å². The zero-order chi connectivity index (χ0) is 46.8. The molecule has 0 spiro atoms. The summed E-state index contributed by atoms with van der Waals surface area (Å²) in [6.45, 7) is 40.3. The average Bonchev–Trinajstić information content (AvgIpc) is 3.16. The maximum absolute atomic E-state index is 13.0. The molecule has 0 bridgehead atoms. The maximum Gasteiger partial charge on any atom is 0.325 e. The molecule has 0 aliphatic heterocycles. The lowest BCUT2D eigenvalue weighted by Gasteiger charge is -2.46. The van der Waals surface area contributed by atoms with Gasteiger partial charge in [-0.1, -0.05) is 172 Å². The molecule has 0 radical (unpaired) electrons. The summed E-state index contributed by atoms with van der Waals surface area (Å²) in [7, 11) is -5.80. The zero-order valence-electron chi connectivity index (χ0n) is 41.5. The molecule has 8 nitrogen and oxygen atoms in total. The number of aliphatic hydroxyl groups is 1. The van der Waals surface area contributed by atoms with Gasteiger partial charge in [-0.2, -0.15) is 0 Å². The fourth-order valence-corrected chi connectivity index (χ4v) is 15.4. The van der Waals surface area contributed by atoms with E-state index in [0.717, 1.165) is 0 Å². The van der Waals surface area contributed by atoms with Crippen LogP contribution in [-0.2, 0) is 32.3 Å². The van der Waals surface area contributed by atoms with Crippen molar-refractivity contribution in [3.63, 3.8) is 0 Å². The Hall–Kier alpha value is -1.46. The minimum Gasteiger partial charge on any atom is -0.465 e. The lowest BCUT2D eigenvalue weighted by molar-refractivity contribution is -0.153. The van der Waals surface area contributed by atoms with Crippen LogP contribution in [0.4, 0.5) is 0 Å². The van der Waals surface area contributed by atoms with E-state index < -0.39 is 53.4 Å². The van der Waals surface area contributed by atoms with Crippen molar-refractivity contribution >= 4 is 57.2 Å². The van der Waals surface area contributed by atoms with Gasteiger partial charge in [0.2, 0.25) is 0 Å². The van der Waals surface area contributed by atoms with Crippen LogP contribution in [0.25, 0.3) is 0 Å². The highest BCUT2D eigenvalue weighted by Gasteiger charge is 2.51. The first-order chi connectivity index (χ1) is 27.9. The molecule has 0 heterocycles. The third kappa shape index (κ3) is 14.5. The molecule has 12 heteroatoms. The number of benzene rings is 2. The Bertz CT molecular complexity index is 1590. The van der Waals surface area contributed by atoms with Crippen LogP contribution in [0.15, 0.2) is 72.8 Å². The van der Waals surface area contributed by atoms with E-state index in [1.54, 1.807) is 21.0 Å². The van der Waals surface area contributed by atoms with E-state index in [2.05, 4.69) is 191 Å². The highest BCUT2D eigenvalue weighted by molar-refractivity contribution is 9.10. The molecule has 0 saturated heterocycles. The number of hydrogen-bond acceptors (Lipinski definition) is 8. The van der Waals surface area contributed by atoms with Gasteiger partial charge in [0.25, 0.3) is 8.32 Å². The summed E-state index contributed by atoms with van der Waals surface area (Å²) in [6.07, 6.45) is 2.73. The number of carbonyl (C=O) groups excluding carboxylic acids is 1. The van der Waals surface area contributed by atoms with Gasteiger partial charge in [-0.25, -0.2) is 0 Å². The third-order valence-corrected chi connectivity index (χ3v) is 28.1. The van der Waals surface area contributed by atoms with Crippen LogP contribution in [-0.4, -0.2) is 91.9 Å². The molecule has 0 aliphatic rings. The van der Waals surface area contributed by atoms with Crippen molar-refractivity contribution in [3.05, 3.63) is 72.8 Å². The molecule has 2 rings (SSSR count). The van der Waals surface area contributed by atoms with E-state index in [4.69, 9.17) is 27.5 Å². The highest BCUT2D eigenvalue weighted by atomic mass is 79.9. The van der Waals surface area contributed by atoms with Gasteiger partial charge in [-0.3, -0.25) is 4.79 Å². The lowest BCUT2D eigenvalue weighted by Crippen LogP contribution is -2.67. The zero-order valence-corrected chi connectivity index (χ0v) is 46.1. The van der Waals surface area contributed by atoms with Gasteiger partial charge in [0.15, 0.2) is 16.6 Å². The normalized spacial score (nSPS) is 18.2. The summed E-state index contributed by atoms with van der Waals surface area (Å²) < 4.78 is 37.8. The van der Waals surface area contributed by atoms with Gasteiger partial charge in [-0.05, 0) is 71.4 Å². The van der Waals surface area contributed by atoms with Crippen LogP contribution < -0.4 is 10.4 Å². The van der Waals surface area contributed by atoms with Crippen molar-refractivity contribution < 1.29 is 37.4 Å². The minimum atomic E-state index is -2.80. The Labute approximate surface area is 383 Å². The van der Waals surface area contributed by atoms with Crippen LogP contribution in [0.1, 0.15) is 103 Å². The second-order valence-electron chi connectivity index (χ2n) is 21.4. The summed E-state index contributed by atoms with van der Waals surface area (Å²) in [5.74, 6) is -0.979. The Kier molecular flexibility index (Phi) is 20.7. The number of halogens is 1. The Morgan fingerprint density at radius 1 is 0.754 bits per heavy atom. The van der Waals surface area contributed by atoms with Crippen molar-refractivity contribution in [1.29, 1.82) is 0 Å². The first-order valence-corrected chi connectivity index (χ1v) is 30.9. The van der Waals surface area contributed by atoms with Gasteiger partial charge < -0.3 is 32.6 Å². The minimum absolute atomic E-state index is 0.00239. The van der Waals surface area contributed by atoms with E-state index in [1.807, 2.05) is 6.92 Å². The molecule has 2 aromatic carbocycles. The molecular formula is C49H85BrO8Si3. The highest BCUT2D eigenvalue weighted by Crippen LogP contribution is 2.42. The number of hydrogen-bond donors (Lipinski definition) is 1. The first-order valence-electron chi connectivity index (χ1n) is 22.3. The number of alkyl halides is 1. The fraction of sp³-hybridized carbons (Fsp3) is 0.694. The lowest BCUT2D eigenvalue weighted by atomic mass is 9.86. The topological polar surface area (TPSA) is 92.7 Å². The molecule has 2 aromatic rings. The van der Waals surface area contributed by atoms with Crippen LogP contribution in [0.3, 0.4) is 0 Å². The van der Waals surface area contributed by atoms with Crippen molar-refractivity contribution in [1.82, 2.24) is 0 Å². The van der Waals surface area contributed by atoms with Crippen LogP contribution in [0.5, 0.6) is 0 Å². The number of rotatable bonds is 23. The molecule has 0 aromatic heterocycles. The largest absolute Gasteiger partial charge is 0.465 e. The molecule has 0 aliphatic carbocycles. The number of carbonyl (C=O) groups is 1. The quantitative estimate of drug-likeness (QED) is 0.0387. The van der Waals surface area contributed by atoms with Crippen LogP contribution in [0.2, 0.25) is 41.3 Å². The summed E-state index contributed by atoms with van der Waals surface area (Å²) in [6, 6.07) is 21.6. The van der Waals surface area contributed by atoms with Crippen molar-refractivity contribution in [2.45, 2.75) is 173 Å². The van der Waals surface area contributed by atoms with Gasteiger partial charge in [-0.15, -0.1) is 0 Å². The van der Waals surface area contributed by atoms with Gasteiger partial charge in [0, 0.05) is 32.0 Å². The summed E-state index contributed by atoms with van der Waals surface area (Å²) in [5, 5.41) is 14.0. The molecule has 0 amide bonds. The number of ether oxygens (including phenoxy) is 3. The molecule has 0 fully saturated rings. The van der Waals surface area contributed by atoms with Crippen molar-refractivity contribution in [3.8, 4) is 0 Å². The van der Waals surface area contributed by atoms with E-state index >= 15 is 0 Å². The number of esters is 1. The predicted molar refractivity (Wildman–Crippen MR) is 266 cm³/mol. The average molecular weight is 966 g/mol. The smallest absolute Gasteiger partial charge is 0.325 e. The third-order valence-electron chi connectivity index (χ3n) is 13.4. The van der Waals surface area contributed by atoms with Gasteiger partial charge in [0.05, 0.1) is 31.0 Å². The number of methoxy groups -OCH3 is 1. The standard InChI is InChI=1S/C49H85BrO8Si3/c1-20-54-45(52)49(14,50)44(51)38(4)42(55-35-53-15)33-39(57-59(16,17)46(5,6)7)32-31-36(2)43(58-60(18,19)47(8,9)10)37(3)34-56-61(48(11,12)13,40-27-23-21-24-28-40)41-29-25-22-26-30-41/h21-32,36-39,42-44,51H,20,33-35H2,1-19H3/b32-31-/t36-,37-,38-,39+,42-,43-,44-,49+/m0/s1. The summed E-state index contributed by atoms with van der Waals surface area (Å²) in [4.78, 5) is 13.0. The summed E-state index contributed by atoms with van der Waals surface area (Å²) >= 11 is 3.50. The number of aliphatic hydroxyl groups excluding tert-OH is 1. The van der Waals surface area contributed by atoms with E-state index in [-0.39, 0.29) is 52.6 Å². The Balaban J connectivity index is 2.69. The van der Waals surface area contributed by atoms with Crippen molar-refractivity contribution in [2.24, 2.45) is 17.8 Å². The van der Waals surface area contributed by atoms with E-state index in [1.165, 1.54) is 10.4 Å². The molecule has 1 N–H and O–H groups in total. The van der Waals surface area contributed by atoms with Crippen molar-refractivity contribution in [2.75, 3.05) is 27.1 Å². The molecule has 0 saturated carbocycles. The SMILES string of the molecule is CCOC(=O)[C@](C)(Br)[C@@H](O)[C@@H](C)[C@H](C[C@@H](/C=C\[C@H](C)[C@H](O[Si](C)(C)C(C)(C)C)[C@@H](C)CO[Si](c1ccccc1)(c1ccccc1)C(C)(C)C)O[Si](C)(C)C(C)(C)C)OCOC. The second-order valence-corrected chi connectivity index (χ2v) is 36.9. The molecule has 348 valence electrons. The van der Waals surface area contributed by atoms with Gasteiger partial charge >= 0.3 is 5.97 Å². The molecule has 8 atom stereocenters. The van der Waals surface area contributed by atoms with Crippen LogP contribution in [0, 0.1) is 17.8 Å². The maximum atomic E-state index is 13.0. The van der Waals surface area contributed by atoms with Crippen LogP contribution >= 0.6 is 15.9 Å². The fourth-order valence-electron chi connectivity index (χ4n) is 7.41. The molecule has 61 heavy (non-hydrogen) atoms. The first kappa shape index (κ1) is 55.7. The Morgan fingerprint density at radius 3 is 1.66 bits per heavy atom. The predicted octanol–water partition coefficient (Wildman–Crippen LogP) is 11.3. The van der Waals surface area contributed by atoms with E-state index in [0.29, 0.717) is 13.0 Å². The second kappa shape index (κ2) is 22.6. The van der Waals surface area contributed by atoms with E-state index in [9.17, 15) is 9.90 Å².